The average molecular weight is 263 g/mol. The van der Waals surface area contributed by atoms with E-state index in [4.69, 9.17) is 4.74 Å². The van der Waals surface area contributed by atoms with Crippen LogP contribution in [-0.2, 0) is 17.8 Å². The molecule has 2 aliphatic heterocycles. The second-order valence-electron chi connectivity index (χ2n) is 6.09. The average Bonchev–Trinajstić information content (AvgIpc) is 2.87. The monoisotopic (exact) mass is 263 g/mol. The van der Waals surface area contributed by atoms with Gasteiger partial charge < -0.3 is 4.74 Å². The van der Waals surface area contributed by atoms with Gasteiger partial charge in [-0.1, -0.05) is 0 Å². The van der Waals surface area contributed by atoms with Crippen LogP contribution in [0.25, 0.3) is 0 Å². The number of ether oxygens (including phenoxy) is 1. The van der Waals surface area contributed by atoms with Crippen molar-refractivity contribution >= 4 is 0 Å². The molecule has 19 heavy (non-hydrogen) atoms. The van der Waals surface area contributed by atoms with Gasteiger partial charge in [0.1, 0.15) is 0 Å². The molecule has 0 atom stereocenters. The Balaban J connectivity index is 1.61. The van der Waals surface area contributed by atoms with E-state index in [2.05, 4.69) is 29.2 Å². The second kappa shape index (κ2) is 5.63. The van der Waals surface area contributed by atoms with Crippen LogP contribution in [0.2, 0.25) is 0 Å². The molecule has 0 unspecified atom stereocenters. The highest BCUT2D eigenvalue weighted by Gasteiger charge is 2.36. The summed E-state index contributed by atoms with van der Waals surface area (Å²) in [5.74, 6) is 0. The summed E-state index contributed by atoms with van der Waals surface area (Å²) >= 11 is 0. The van der Waals surface area contributed by atoms with Crippen molar-refractivity contribution in [3.63, 3.8) is 0 Å². The molecule has 106 valence electrons. The first-order valence-corrected chi connectivity index (χ1v) is 7.62. The molecule has 1 aromatic rings. The van der Waals surface area contributed by atoms with Crippen LogP contribution < -0.4 is 0 Å². The molecule has 0 N–H and O–H groups in total. The standard InChI is InChI=1S/C15H25N3O/c1-2-18-9-4-14(16-18)12-17-8-3-5-15(13-17)6-10-19-11-7-15/h4,9H,2-3,5-8,10-13H2,1H3. The SMILES string of the molecule is CCn1ccc(CN2CCCC3(CCOCC3)C2)n1. The zero-order valence-electron chi connectivity index (χ0n) is 12.0. The summed E-state index contributed by atoms with van der Waals surface area (Å²) in [7, 11) is 0. The van der Waals surface area contributed by atoms with Crippen LogP contribution in [0.4, 0.5) is 0 Å². The van der Waals surface area contributed by atoms with Crippen molar-refractivity contribution < 1.29 is 4.74 Å². The molecule has 3 rings (SSSR count). The maximum atomic E-state index is 5.53. The quantitative estimate of drug-likeness (QED) is 0.838. The molecule has 0 bridgehead atoms. The molecule has 2 saturated heterocycles. The van der Waals surface area contributed by atoms with Crippen LogP contribution in [0, 0.1) is 5.41 Å². The Morgan fingerprint density at radius 2 is 2.16 bits per heavy atom. The number of nitrogens with zero attached hydrogens (tertiary/aromatic N) is 3. The van der Waals surface area contributed by atoms with Crippen LogP contribution in [-0.4, -0.2) is 41.0 Å². The number of hydrogen-bond donors (Lipinski definition) is 0. The van der Waals surface area contributed by atoms with Gasteiger partial charge in [0, 0.05) is 39.0 Å². The summed E-state index contributed by atoms with van der Waals surface area (Å²) in [5.41, 5.74) is 1.75. The Hall–Kier alpha value is -0.870. The Morgan fingerprint density at radius 3 is 2.89 bits per heavy atom. The van der Waals surface area contributed by atoms with Crippen LogP contribution in [0.15, 0.2) is 12.3 Å². The number of rotatable bonds is 3. The van der Waals surface area contributed by atoms with Crippen LogP contribution in [0.3, 0.4) is 0 Å². The Labute approximate surface area is 115 Å². The van der Waals surface area contributed by atoms with Gasteiger partial charge in [0.2, 0.25) is 0 Å². The molecule has 2 aliphatic rings. The van der Waals surface area contributed by atoms with E-state index in [1.807, 2.05) is 4.68 Å². The zero-order chi connectivity index (χ0) is 13.1. The third kappa shape index (κ3) is 3.00. The predicted octanol–water partition coefficient (Wildman–Crippen LogP) is 2.30. The van der Waals surface area contributed by atoms with E-state index in [1.165, 1.54) is 44.5 Å². The van der Waals surface area contributed by atoms with Crippen molar-refractivity contribution in [2.45, 2.75) is 45.7 Å². The lowest BCUT2D eigenvalue weighted by Gasteiger charge is -2.45. The minimum atomic E-state index is 0.532. The molecule has 0 aromatic carbocycles. The Bertz CT molecular complexity index is 404. The third-order valence-electron chi connectivity index (χ3n) is 4.70. The highest BCUT2D eigenvalue weighted by Crippen LogP contribution is 2.39. The largest absolute Gasteiger partial charge is 0.381 e. The van der Waals surface area contributed by atoms with Gasteiger partial charge in [0.25, 0.3) is 0 Å². The second-order valence-corrected chi connectivity index (χ2v) is 6.09. The summed E-state index contributed by atoms with van der Waals surface area (Å²) in [5, 5.41) is 4.61. The van der Waals surface area contributed by atoms with Crippen molar-refractivity contribution in [3.05, 3.63) is 18.0 Å². The molecule has 0 amide bonds. The first-order chi connectivity index (χ1) is 9.30. The number of hydrogen-bond acceptors (Lipinski definition) is 3. The molecule has 3 heterocycles. The smallest absolute Gasteiger partial charge is 0.0764 e. The van der Waals surface area contributed by atoms with Gasteiger partial charge in [-0.3, -0.25) is 9.58 Å². The molecular formula is C15H25N3O. The van der Waals surface area contributed by atoms with Gasteiger partial charge >= 0.3 is 0 Å². The van der Waals surface area contributed by atoms with Crippen molar-refractivity contribution in [2.75, 3.05) is 26.3 Å². The van der Waals surface area contributed by atoms with Gasteiger partial charge in [0.05, 0.1) is 5.69 Å². The topological polar surface area (TPSA) is 30.3 Å². The summed E-state index contributed by atoms with van der Waals surface area (Å²) in [6, 6.07) is 2.16. The fourth-order valence-corrected chi connectivity index (χ4v) is 3.55. The van der Waals surface area contributed by atoms with E-state index in [0.29, 0.717) is 5.41 Å². The van der Waals surface area contributed by atoms with E-state index in [1.54, 1.807) is 0 Å². The predicted molar refractivity (Wildman–Crippen MR) is 74.9 cm³/mol. The van der Waals surface area contributed by atoms with E-state index < -0.39 is 0 Å². The highest BCUT2D eigenvalue weighted by atomic mass is 16.5. The zero-order valence-corrected chi connectivity index (χ0v) is 12.0. The van der Waals surface area contributed by atoms with Crippen molar-refractivity contribution in [1.29, 1.82) is 0 Å². The number of likely N-dealkylation sites (tertiary alicyclic amines) is 1. The van der Waals surface area contributed by atoms with Gasteiger partial charge in [-0.05, 0) is 50.6 Å². The fraction of sp³-hybridized carbons (Fsp3) is 0.800. The molecule has 2 fully saturated rings. The highest BCUT2D eigenvalue weighted by molar-refractivity contribution is 5.00. The molecule has 4 nitrogen and oxygen atoms in total. The lowest BCUT2D eigenvalue weighted by molar-refractivity contribution is -0.0293. The normalized spacial score (nSPS) is 23.8. The van der Waals surface area contributed by atoms with Crippen LogP contribution >= 0.6 is 0 Å². The van der Waals surface area contributed by atoms with Gasteiger partial charge in [0.15, 0.2) is 0 Å². The lowest BCUT2D eigenvalue weighted by atomic mass is 9.74. The molecular weight excluding hydrogens is 238 g/mol. The molecule has 1 spiro atoms. The Morgan fingerprint density at radius 1 is 1.32 bits per heavy atom. The van der Waals surface area contributed by atoms with Gasteiger partial charge in [-0.15, -0.1) is 0 Å². The van der Waals surface area contributed by atoms with Crippen LogP contribution in [0.5, 0.6) is 0 Å². The maximum Gasteiger partial charge on any atom is 0.0764 e. The lowest BCUT2D eigenvalue weighted by Crippen LogP contribution is -2.45. The molecule has 0 radical (unpaired) electrons. The molecule has 1 aromatic heterocycles. The molecule has 4 heteroatoms. The van der Waals surface area contributed by atoms with Crippen molar-refractivity contribution in [2.24, 2.45) is 5.41 Å². The van der Waals surface area contributed by atoms with Crippen molar-refractivity contribution in [3.8, 4) is 0 Å². The number of piperidine rings is 1. The minimum absolute atomic E-state index is 0.532. The van der Waals surface area contributed by atoms with Gasteiger partial charge in [-0.2, -0.15) is 5.10 Å². The maximum absolute atomic E-state index is 5.53. The van der Waals surface area contributed by atoms with E-state index >= 15 is 0 Å². The van der Waals surface area contributed by atoms with Crippen molar-refractivity contribution in [1.82, 2.24) is 14.7 Å². The third-order valence-corrected chi connectivity index (χ3v) is 4.70. The molecule has 0 aliphatic carbocycles. The first kappa shape index (κ1) is 13.1. The first-order valence-electron chi connectivity index (χ1n) is 7.62. The van der Waals surface area contributed by atoms with E-state index in [0.717, 1.165) is 26.3 Å². The number of aromatic nitrogens is 2. The summed E-state index contributed by atoms with van der Waals surface area (Å²) in [6.07, 6.45) is 7.29. The summed E-state index contributed by atoms with van der Waals surface area (Å²) < 4.78 is 7.55. The summed E-state index contributed by atoms with van der Waals surface area (Å²) in [6.45, 7) is 8.47. The fourth-order valence-electron chi connectivity index (χ4n) is 3.55. The van der Waals surface area contributed by atoms with E-state index in [-0.39, 0.29) is 0 Å². The Kier molecular flexibility index (Phi) is 3.89. The summed E-state index contributed by atoms with van der Waals surface area (Å²) in [4.78, 5) is 2.59. The van der Waals surface area contributed by atoms with Gasteiger partial charge in [-0.25, -0.2) is 0 Å². The number of aryl methyl sites for hydroxylation is 1. The van der Waals surface area contributed by atoms with E-state index in [9.17, 15) is 0 Å². The van der Waals surface area contributed by atoms with Crippen LogP contribution in [0.1, 0.15) is 38.3 Å². The minimum Gasteiger partial charge on any atom is -0.381 e. The molecule has 0 saturated carbocycles.